The predicted octanol–water partition coefficient (Wildman–Crippen LogP) is 1.39. The van der Waals surface area contributed by atoms with Crippen molar-refractivity contribution in [3.8, 4) is 0 Å². The van der Waals surface area contributed by atoms with E-state index in [0.717, 1.165) is 19.5 Å². The second-order valence-corrected chi connectivity index (χ2v) is 2.48. The van der Waals surface area contributed by atoms with Crippen LogP contribution in [0.2, 0.25) is 0 Å². The first kappa shape index (κ1) is 9.92. The molecule has 1 N–H and O–H groups in total. The fraction of sp³-hybridized carbons (Fsp3) is 1.00. The summed E-state index contributed by atoms with van der Waals surface area (Å²) in [6, 6.07) is 0. The summed E-state index contributed by atoms with van der Waals surface area (Å²) < 4.78 is 0. The minimum atomic E-state index is 0.585. The summed E-state index contributed by atoms with van der Waals surface area (Å²) in [6.07, 6.45) is 2.24. The van der Waals surface area contributed by atoms with Crippen molar-refractivity contribution in [2.45, 2.75) is 26.7 Å². The van der Waals surface area contributed by atoms with Crippen molar-refractivity contribution in [2.75, 3.05) is 26.2 Å². The van der Waals surface area contributed by atoms with Gasteiger partial charge in [-0.25, -0.2) is 0 Å². The SMILES string of the molecule is CCN(CC)CCCC[NH]. The van der Waals surface area contributed by atoms with Crippen LogP contribution >= 0.6 is 0 Å². The van der Waals surface area contributed by atoms with Crippen LogP contribution in [0.4, 0.5) is 0 Å². The normalized spacial score (nSPS) is 10.8. The lowest BCUT2D eigenvalue weighted by Crippen LogP contribution is -2.24. The summed E-state index contributed by atoms with van der Waals surface area (Å²) in [5, 5.41) is 0. The monoisotopic (exact) mass is 143 g/mol. The van der Waals surface area contributed by atoms with Gasteiger partial charge in [0.1, 0.15) is 0 Å². The van der Waals surface area contributed by atoms with Crippen LogP contribution in [-0.2, 0) is 0 Å². The molecule has 0 heterocycles. The first-order chi connectivity index (χ1) is 4.85. The Hall–Kier alpha value is -0.0800. The standard InChI is InChI=1S/C8H19N2/c1-3-10(4-2)8-6-5-7-9/h9H,3-8H2,1-2H3. The van der Waals surface area contributed by atoms with E-state index in [-0.39, 0.29) is 0 Å². The third kappa shape index (κ3) is 4.77. The van der Waals surface area contributed by atoms with Crippen molar-refractivity contribution in [3.63, 3.8) is 0 Å². The van der Waals surface area contributed by atoms with E-state index in [4.69, 9.17) is 5.73 Å². The molecule has 2 nitrogen and oxygen atoms in total. The maximum Gasteiger partial charge on any atom is 0.0100 e. The van der Waals surface area contributed by atoms with Crippen molar-refractivity contribution in [2.24, 2.45) is 0 Å². The largest absolute Gasteiger partial charge is 0.304 e. The zero-order valence-corrected chi connectivity index (χ0v) is 7.19. The molecule has 0 atom stereocenters. The lowest BCUT2D eigenvalue weighted by atomic mass is 10.3. The fourth-order valence-corrected chi connectivity index (χ4v) is 1.00. The molecule has 0 aliphatic carbocycles. The molecule has 0 aliphatic heterocycles. The van der Waals surface area contributed by atoms with E-state index in [1.807, 2.05) is 0 Å². The average molecular weight is 143 g/mol. The van der Waals surface area contributed by atoms with Gasteiger partial charge in [-0.1, -0.05) is 13.8 Å². The van der Waals surface area contributed by atoms with Crippen LogP contribution in [0, 0.1) is 0 Å². The van der Waals surface area contributed by atoms with Crippen molar-refractivity contribution in [1.29, 1.82) is 0 Å². The predicted molar refractivity (Wildman–Crippen MR) is 45.0 cm³/mol. The van der Waals surface area contributed by atoms with Crippen LogP contribution < -0.4 is 5.73 Å². The highest BCUT2D eigenvalue weighted by atomic mass is 15.1. The molecule has 0 aromatic carbocycles. The molecule has 0 bridgehead atoms. The molecule has 61 valence electrons. The smallest absolute Gasteiger partial charge is 0.0100 e. The van der Waals surface area contributed by atoms with Gasteiger partial charge in [0.25, 0.3) is 0 Å². The van der Waals surface area contributed by atoms with E-state index in [1.54, 1.807) is 0 Å². The van der Waals surface area contributed by atoms with Crippen LogP contribution in [0.3, 0.4) is 0 Å². The van der Waals surface area contributed by atoms with Gasteiger partial charge in [-0.2, -0.15) is 0 Å². The first-order valence-electron chi connectivity index (χ1n) is 4.22. The van der Waals surface area contributed by atoms with Gasteiger partial charge in [0.15, 0.2) is 0 Å². The molecule has 0 aromatic heterocycles. The third-order valence-corrected chi connectivity index (χ3v) is 1.80. The van der Waals surface area contributed by atoms with Gasteiger partial charge in [0.2, 0.25) is 0 Å². The summed E-state index contributed by atoms with van der Waals surface area (Å²) in [5.74, 6) is 0. The lowest BCUT2D eigenvalue weighted by Gasteiger charge is -2.16. The summed E-state index contributed by atoms with van der Waals surface area (Å²) in [4.78, 5) is 2.40. The minimum Gasteiger partial charge on any atom is -0.304 e. The van der Waals surface area contributed by atoms with E-state index < -0.39 is 0 Å². The van der Waals surface area contributed by atoms with Gasteiger partial charge in [0, 0.05) is 6.54 Å². The van der Waals surface area contributed by atoms with Gasteiger partial charge in [0.05, 0.1) is 0 Å². The highest BCUT2D eigenvalue weighted by Crippen LogP contribution is 1.92. The molecule has 0 spiro atoms. The fourth-order valence-electron chi connectivity index (χ4n) is 1.00. The Labute approximate surface area is 64.4 Å². The molecule has 0 aliphatic rings. The molecular weight excluding hydrogens is 124 g/mol. The van der Waals surface area contributed by atoms with Crippen LogP contribution in [0.15, 0.2) is 0 Å². The summed E-state index contributed by atoms with van der Waals surface area (Å²) in [6.45, 7) is 8.42. The Morgan fingerprint density at radius 3 is 2.10 bits per heavy atom. The molecule has 0 amide bonds. The van der Waals surface area contributed by atoms with E-state index in [0.29, 0.717) is 6.54 Å². The van der Waals surface area contributed by atoms with Crippen LogP contribution in [0.5, 0.6) is 0 Å². The van der Waals surface area contributed by atoms with E-state index in [9.17, 15) is 0 Å². The second-order valence-electron chi connectivity index (χ2n) is 2.48. The molecule has 0 saturated heterocycles. The highest BCUT2D eigenvalue weighted by molar-refractivity contribution is 4.51. The zero-order valence-electron chi connectivity index (χ0n) is 7.19. The molecule has 0 fully saturated rings. The van der Waals surface area contributed by atoms with E-state index >= 15 is 0 Å². The number of nitrogens with zero attached hydrogens (tertiary/aromatic N) is 1. The number of hydrogen-bond acceptors (Lipinski definition) is 1. The Kier molecular flexibility index (Phi) is 6.98. The molecule has 2 heteroatoms. The van der Waals surface area contributed by atoms with Crippen molar-refractivity contribution < 1.29 is 0 Å². The van der Waals surface area contributed by atoms with Gasteiger partial charge in [-0.15, -0.1) is 0 Å². The molecule has 0 unspecified atom stereocenters. The van der Waals surface area contributed by atoms with Gasteiger partial charge < -0.3 is 4.90 Å². The Morgan fingerprint density at radius 1 is 1.10 bits per heavy atom. The zero-order chi connectivity index (χ0) is 7.82. The van der Waals surface area contributed by atoms with E-state index in [2.05, 4.69) is 18.7 Å². The third-order valence-electron chi connectivity index (χ3n) is 1.80. The average Bonchev–Trinajstić information content (AvgIpc) is 1.99. The molecular formula is C8H19N2. The van der Waals surface area contributed by atoms with Crippen molar-refractivity contribution in [3.05, 3.63) is 0 Å². The number of rotatable bonds is 6. The van der Waals surface area contributed by atoms with Gasteiger partial charge in [-0.05, 0) is 32.5 Å². The van der Waals surface area contributed by atoms with Crippen molar-refractivity contribution in [1.82, 2.24) is 10.6 Å². The Morgan fingerprint density at radius 2 is 1.70 bits per heavy atom. The van der Waals surface area contributed by atoms with Crippen LogP contribution in [-0.4, -0.2) is 31.1 Å². The maximum atomic E-state index is 6.94. The molecule has 0 saturated carbocycles. The Balaban J connectivity index is 3.09. The van der Waals surface area contributed by atoms with Crippen molar-refractivity contribution >= 4 is 0 Å². The van der Waals surface area contributed by atoms with E-state index in [1.165, 1.54) is 13.0 Å². The topological polar surface area (TPSA) is 27.0 Å². The summed E-state index contributed by atoms with van der Waals surface area (Å²) >= 11 is 0. The molecule has 1 radical (unpaired) electrons. The maximum absolute atomic E-state index is 6.94. The molecule has 10 heavy (non-hydrogen) atoms. The van der Waals surface area contributed by atoms with Crippen LogP contribution in [0.25, 0.3) is 0 Å². The summed E-state index contributed by atoms with van der Waals surface area (Å²) in [7, 11) is 0. The first-order valence-corrected chi connectivity index (χ1v) is 4.22. The highest BCUT2D eigenvalue weighted by Gasteiger charge is 1.96. The quantitative estimate of drug-likeness (QED) is 0.516. The molecule has 0 aromatic rings. The molecule has 0 rings (SSSR count). The number of nitrogens with one attached hydrogen (secondary N) is 1. The van der Waals surface area contributed by atoms with Gasteiger partial charge >= 0.3 is 0 Å². The van der Waals surface area contributed by atoms with Crippen LogP contribution in [0.1, 0.15) is 26.7 Å². The van der Waals surface area contributed by atoms with Gasteiger partial charge in [-0.3, -0.25) is 5.73 Å². The lowest BCUT2D eigenvalue weighted by molar-refractivity contribution is 0.297. The minimum absolute atomic E-state index is 0.585. The number of unbranched alkanes of at least 4 members (excludes halogenated alkanes) is 1. The summed E-state index contributed by atoms with van der Waals surface area (Å²) in [5.41, 5.74) is 6.94. The Bertz CT molecular complexity index is 60.3. The number of hydrogen-bond donors (Lipinski definition) is 0. The second kappa shape index (κ2) is 7.03.